The van der Waals surface area contributed by atoms with Gasteiger partial charge in [0.05, 0.1) is 18.8 Å². The number of pyridine rings is 1. The highest BCUT2D eigenvalue weighted by molar-refractivity contribution is 9.11. The van der Waals surface area contributed by atoms with Gasteiger partial charge in [-0.2, -0.15) is 0 Å². The lowest BCUT2D eigenvalue weighted by Gasteiger charge is -2.46. The molecule has 3 heterocycles. The second kappa shape index (κ2) is 9.55. The van der Waals surface area contributed by atoms with E-state index in [4.69, 9.17) is 21.1 Å². The van der Waals surface area contributed by atoms with Crippen LogP contribution in [0.2, 0.25) is 5.15 Å². The van der Waals surface area contributed by atoms with Crippen molar-refractivity contribution in [3.63, 3.8) is 0 Å². The summed E-state index contributed by atoms with van der Waals surface area (Å²) in [6, 6.07) is 11.2. The number of rotatable bonds is 6. The van der Waals surface area contributed by atoms with E-state index in [2.05, 4.69) is 20.9 Å². The maximum Gasteiger partial charge on any atom is 0.243 e. The van der Waals surface area contributed by atoms with Gasteiger partial charge in [-0.3, -0.25) is 0 Å². The SMILES string of the molecule is COc1nc(Cl)cc2c1[C@]1(O)[C@H](O)[C@H](CN3CC(C(F)F)C3)[C@@H](c3ccccc3)[C@]1(C1C=CC(Br)=CC1)O2. The highest BCUT2D eigenvalue weighted by Gasteiger charge is 2.78. The van der Waals surface area contributed by atoms with E-state index >= 15 is 0 Å². The smallest absolute Gasteiger partial charge is 0.243 e. The number of alkyl halides is 2. The summed E-state index contributed by atoms with van der Waals surface area (Å²) in [7, 11) is 1.43. The number of nitrogens with zero attached hydrogens (tertiary/aromatic N) is 2. The van der Waals surface area contributed by atoms with E-state index < -0.39 is 41.5 Å². The van der Waals surface area contributed by atoms with Crippen LogP contribution < -0.4 is 9.47 Å². The Kier molecular flexibility index (Phi) is 6.59. The number of methoxy groups -OCH3 is 1. The molecule has 0 radical (unpaired) electrons. The number of aliphatic hydroxyl groups excluding tert-OH is 1. The number of fused-ring (bicyclic) bond motifs is 3. The van der Waals surface area contributed by atoms with E-state index in [1.165, 1.54) is 7.11 Å². The highest BCUT2D eigenvalue weighted by atomic mass is 79.9. The molecule has 0 spiro atoms. The average Bonchev–Trinajstić information content (AvgIpc) is 3.23. The molecule has 6 rings (SSSR count). The Morgan fingerprint density at radius 2 is 2.03 bits per heavy atom. The molecule has 38 heavy (non-hydrogen) atoms. The Labute approximate surface area is 233 Å². The molecule has 6 nitrogen and oxygen atoms in total. The second-order valence-corrected chi connectivity index (χ2v) is 11.9. The molecule has 1 aromatic heterocycles. The van der Waals surface area contributed by atoms with Gasteiger partial charge in [0.1, 0.15) is 10.9 Å². The van der Waals surface area contributed by atoms with Crippen molar-refractivity contribution in [2.75, 3.05) is 26.7 Å². The molecule has 202 valence electrons. The molecule has 2 fully saturated rings. The van der Waals surface area contributed by atoms with E-state index in [0.717, 1.165) is 10.0 Å². The molecule has 0 amide bonds. The molecule has 4 aliphatic rings. The average molecular weight is 610 g/mol. The summed E-state index contributed by atoms with van der Waals surface area (Å²) in [5.41, 5.74) is -2.13. The van der Waals surface area contributed by atoms with Crippen LogP contribution >= 0.6 is 27.5 Å². The number of halogens is 4. The third kappa shape index (κ3) is 3.69. The van der Waals surface area contributed by atoms with Gasteiger partial charge in [0.25, 0.3) is 0 Å². The van der Waals surface area contributed by atoms with E-state index in [-0.39, 0.29) is 35.6 Å². The van der Waals surface area contributed by atoms with Crippen LogP contribution in [0.15, 0.2) is 59.1 Å². The Balaban J connectivity index is 1.54. The van der Waals surface area contributed by atoms with E-state index in [1.54, 1.807) is 6.07 Å². The van der Waals surface area contributed by atoms with Crippen molar-refractivity contribution in [3.8, 4) is 11.6 Å². The Morgan fingerprint density at radius 3 is 2.66 bits per heavy atom. The van der Waals surface area contributed by atoms with Crippen LogP contribution in [-0.2, 0) is 5.60 Å². The quantitative estimate of drug-likeness (QED) is 0.455. The lowest BCUT2D eigenvalue weighted by Crippen LogP contribution is -2.58. The van der Waals surface area contributed by atoms with E-state index in [1.807, 2.05) is 53.5 Å². The fraction of sp³-hybridized carbons (Fsp3) is 0.464. The summed E-state index contributed by atoms with van der Waals surface area (Å²) in [4.78, 5) is 6.21. The number of allylic oxidation sites excluding steroid dienone is 3. The first kappa shape index (κ1) is 26.2. The molecule has 6 atom stereocenters. The van der Waals surface area contributed by atoms with Crippen LogP contribution in [0.25, 0.3) is 0 Å². The standard InChI is InChI=1S/C28H28BrClF2N2O4/c1-37-26-23-20(11-21(30)33-26)38-28(17-7-9-18(29)10-8-17)22(15-5-3-2-4-6-15)19(24(35)27(23,28)36)14-34-12-16(13-34)25(31)32/h2-7,9-11,16-17,19,22,24-25,35-36H,8,12-14H2,1H3/t17?,19-,22-,24-,27+,28+/m1/s1. The molecule has 2 aliphatic carbocycles. The molecule has 0 bridgehead atoms. The third-order valence-corrected chi connectivity index (χ3v) is 9.45. The lowest BCUT2D eigenvalue weighted by molar-refractivity contribution is -0.163. The predicted molar refractivity (Wildman–Crippen MR) is 142 cm³/mol. The van der Waals surface area contributed by atoms with Gasteiger partial charge in [-0.05, 0) is 12.0 Å². The molecule has 1 aromatic carbocycles. The molecule has 1 unspecified atom stereocenters. The minimum absolute atomic E-state index is 0.0848. The van der Waals surface area contributed by atoms with Gasteiger partial charge in [0, 0.05) is 53.9 Å². The van der Waals surface area contributed by atoms with E-state index in [0.29, 0.717) is 18.7 Å². The molecule has 2 aromatic rings. The first-order valence-corrected chi connectivity index (χ1v) is 13.8. The number of aromatic nitrogens is 1. The number of hydrogen-bond acceptors (Lipinski definition) is 6. The Morgan fingerprint density at radius 1 is 1.29 bits per heavy atom. The predicted octanol–water partition coefficient (Wildman–Crippen LogP) is 4.89. The Bertz CT molecular complexity index is 1290. The maximum atomic E-state index is 13.3. The molecule has 1 saturated carbocycles. The van der Waals surface area contributed by atoms with Crippen LogP contribution in [0, 0.1) is 17.8 Å². The molecule has 10 heteroatoms. The van der Waals surface area contributed by atoms with Crippen LogP contribution in [-0.4, -0.2) is 65.0 Å². The zero-order chi connectivity index (χ0) is 26.8. The summed E-state index contributed by atoms with van der Waals surface area (Å²) in [6.45, 7) is 0.807. The molecule has 1 saturated heterocycles. The van der Waals surface area contributed by atoms with Gasteiger partial charge < -0.3 is 24.6 Å². The molecule has 2 N–H and O–H groups in total. The van der Waals surface area contributed by atoms with Crippen LogP contribution in [0.3, 0.4) is 0 Å². The molecular weight excluding hydrogens is 582 g/mol. The zero-order valence-electron chi connectivity index (χ0n) is 20.6. The van der Waals surface area contributed by atoms with Crippen LogP contribution in [0.5, 0.6) is 11.6 Å². The van der Waals surface area contributed by atoms with Gasteiger partial charge >= 0.3 is 0 Å². The van der Waals surface area contributed by atoms with Crippen molar-refractivity contribution in [1.82, 2.24) is 9.88 Å². The maximum absolute atomic E-state index is 13.3. The lowest BCUT2D eigenvalue weighted by atomic mass is 9.66. The molecule has 2 aliphatic heterocycles. The van der Waals surface area contributed by atoms with Gasteiger partial charge in [-0.25, -0.2) is 13.8 Å². The summed E-state index contributed by atoms with van der Waals surface area (Å²) in [5, 5.41) is 25.1. The van der Waals surface area contributed by atoms with Crippen molar-refractivity contribution in [2.45, 2.75) is 36.1 Å². The van der Waals surface area contributed by atoms with Crippen molar-refractivity contribution >= 4 is 27.5 Å². The second-order valence-electron chi connectivity index (χ2n) is 10.6. The largest absolute Gasteiger partial charge is 0.482 e. The van der Waals surface area contributed by atoms with Crippen molar-refractivity contribution in [1.29, 1.82) is 0 Å². The number of ether oxygens (including phenoxy) is 2. The van der Waals surface area contributed by atoms with Crippen molar-refractivity contribution < 1.29 is 28.5 Å². The third-order valence-electron chi connectivity index (χ3n) is 8.67. The Hall–Kier alpha value is -2.04. The number of aliphatic hydroxyl groups is 2. The summed E-state index contributed by atoms with van der Waals surface area (Å²) in [6.07, 6.45) is 2.77. The topological polar surface area (TPSA) is 75.0 Å². The van der Waals surface area contributed by atoms with Gasteiger partial charge in [-0.15, -0.1) is 0 Å². The normalized spacial score (nSPS) is 34.5. The first-order chi connectivity index (χ1) is 18.2. The van der Waals surface area contributed by atoms with Gasteiger partial charge in [-0.1, -0.05) is 76.1 Å². The first-order valence-electron chi connectivity index (χ1n) is 12.6. The summed E-state index contributed by atoms with van der Waals surface area (Å²) >= 11 is 9.83. The highest BCUT2D eigenvalue weighted by Crippen LogP contribution is 2.69. The van der Waals surface area contributed by atoms with Gasteiger partial charge in [0.15, 0.2) is 11.2 Å². The van der Waals surface area contributed by atoms with Crippen LogP contribution in [0.4, 0.5) is 8.78 Å². The minimum atomic E-state index is -2.38. The number of likely N-dealkylation sites (tertiary alicyclic amines) is 1. The molecular formula is C28H28BrClF2N2O4. The van der Waals surface area contributed by atoms with E-state index in [9.17, 15) is 19.0 Å². The summed E-state index contributed by atoms with van der Waals surface area (Å²) in [5.74, 6) is -1.66. The zero-order valence-corrected chi connectivity index (χ0v) is 22.9. The fourth-order valence-corrected chi connectivity index (χ4v) is 7.59. The number of hydrogen-bond donors (Lipinski definition) is 2. The summed E-state index contributed by atoms with van der Waals surface area (Å²) < 4.78 is 39.8. The minimum Gasteiger partial charge on any atom is -0.482 e. The van der Waals surface area contributed by atoms with Crippen molar-refractivity contribution in [3.05, 3.63) is 75.4 Å². The fourth-order valence-electron chi connectivity index (χ4n) is 7.07. The van der Waals surface area contributed by atoms with Crippen molar-refractivity contribution in [2.24, 2.45) is 17.8 Å². The van der Waals surface area contributed by atoms with Crippen LogP contribution in [0.1, 0.15) is 23.5 Å². The number of benzene rings is 1. The monoisotopic (exact) mass is 608 g/mol. The van der Waals surface area contributed by atoms with Gasteiger partial charge in [0.2, 0.25) is 12.3 Å².